The normalized spacial score (nSPS) is 14.1. The van der Waals surface area contributed by atoms with Crippen LogP contribution in [0.1, 0.15) is 19.4 Å². The summed E-state index contributed by atoms with van der Waals surface area (Å²) in [4.78, 5) is 42.4. The molecule has 1 saturated heterocycles. The van der Waals surface area contributed by atoms with E-state index in [4.69, 9.17) is 4.74 Å². The number of para-hydroxylation sites is 2. The van der Waals surface area contributed by atoms with Crippen molar-refractivity contribution >= 4 is 67.2 Å². The van der Waals surface area contributed by atoms with E-state index in [-0.39, 0.29) is 5.57 Å². The van der Waals surface area contributed by atoms with Crippen molar-refractivity contribution in [3.8, 4) is 5.75 Å². The fraction of sp³-hybridized carbons (Fsp3) is 0.148. The minimum Gasteiger partial charge on any atom is -0.491 e. The highest BCUT2D eigenvalue weighted by Gasteiger charge is 2.43. The van der Waals surface area contributed by atoms with E-state index in [1.807, 2.05) is 0 Å². The van der Waals surface area contributed by atoms with Crippen molar-refractivity contribution in [1.29, 1.82) is 0 Å². The van der Waals surface area contributed by atoms with Crippen molar-refractivity contribution in [3.63, 3.8) is 0 Å². The van der Waals surface area contributed by atoms with Gasteiger partial charge in [0.2, 0.25) is 0 Å². The minimum atomic E-state index is -0.727. The van der Waals surface area contributed by atoms with E-state index in [0.717, 1.165) is 9.80 Å². The van der Waals surface area contributed by atoms with Crippen LogP contribution in [0.4, 0.5) is 16.2 Å². The summed E-state index contributed by atoms with van der Waals surface area (Å²) in [6.45, 7) is 4.65. The number of urea groups is 1. The lowest BCUT2D eigenvalue weighted by Gasteiger charge is -2.34. The van der Waals surface area contributed by atoms with Crippen LogP contribution in [0.2, 0.25) is 0 Å². The van der Waals surface area contributed by atoms with Crippen LogP contribution < -0.4 is 14.5 Å². The predicted molar refractivity (Wildman–Crippen MR) is 143 cm³/mol. The highest BCUT2D eigenvalue weighted by Crippen LogP contribution is 2.36. The first-order valence-electron chi connectivity index (χ1n) is 10.9. The molecule has 1 fully saturated rings. The summed E-state index contributed by atoms with van der Waals surface area (Å²) >= 11 is 7.04. The first kappa shape index (κ1) is 24.9. The Balaban J connectivity index is 1.80. The smallest absolute Gasteiger partial charge is 0.343 e. The number of ether oxygens (including phenoxy) is 1. The molecule has 0 radical (unpaired) electrons. The van der Waals surface area contributed by atoms with Crippen molar-refractivity contribution < 1.29 is 19.1 Å². The Morgan fingerprint density at radius 3 is 1.69 bits per heavy atom. The van der Waals surface area contributed by atoms with Crippen molar-refractivity contribution in [2.45, 2.75) is 13.8 Å². The predicted octanol–water partition coefficient (Wildman–Crippen LogP) is 6.83. The van der Waals surface area contributed by atoms with Crippen LogP contribution in [0, 0.1) is 5.92 Å². The first-order chi connectivity index (χ1) is 16.8. The molecule has 1 aliphatic rings. The van der Waals surface area contributed by atoms with E-state index < -0.39 is 17.8 Å². The Bertz CT molecular complexity index is 1220. The van der Waals surface area contributed by atoms with Gasteiger partial charge in [-0.05, 0) is 85.8 Å². The summed E-state index contributed by atoms with van der Waals surface area (Å²) in [7, 11) is 0. The van der Waals surface area contributed by atoms with Gasteiger partial charge >= 0.3 is 6.03 Å². The third kappa shape index (κ3) is 5.23. The quantitative estimate of drug-likeness (QED) is 0.231. The highest BCUT2D eigenvalue weighted by molar-refractivity contribution is 9.11. The standard InChI is InChI=1S/C27H22Br2N2O4/c1-17(2)16-35-24-22(28)14-18(15-23(24)29)13-21-25(32)30(19-9-5-3-6-10-19)27(34)31(26(21)33)20-11-7-4-8-12-20/h3-15,17H,16H2,1-2H3. The van der Waals surface area contributed by atoms with Crippen molar-refractivity contribution in [1.82, 2.24) is 0 Å². The van der Waals surface area contributed by atoms with E-state index >= 15 is 0 Å². The fourth-order valence-electron chi connectivity index (χ4n) is 3.56. The maximum absolute atomic E-state index is 13.5. The number of carbonyl (C=O) groups excluding carboxylic acids is 3. The molecule has 3 aromatic rings. The van der Waals surface area contributed by atoms with E-state index in [1.54, 1.807) is 72.8 Å². The molecule has 0 atom stereocenters. The number of benzene rings is 3. The number of hydrogen-bond acceptors (Lipinski definition) is 4. The summed E-state index contributed by atoms with van der Waals surface area (Å²) in [6, 6.07) is 19.9. The molecule has 1 heterocycles. The summed E-state index contributed by atoms with van der Waals surface area (Å²) in [6.07, 6.45) is 1.49. The van der Waals surface area contributed by atoms with Gasteiger partial charge in [0, 0.05) is 0 Å². The average Bonchev–Trinajstić information content (AvgIpc) is 2.82. The van der Waals surface area contributed by atoms with Crippen molar-refractivity contribution in [2.75, 3.05) is 16.4 Å². The first-order valence-corrected chi connectivity index (χ1v) is 12.5. The zero-order valence-electron chi connectivity index (χ0n) is 19.1. The Labute approximate surface area is 220 Å². The van der Waals surface area contributed by atoms with Crippen LogP contribution in [-0.2, 0) is 9.59 Å². The molecule has 4 rings (SSSR count). The molecule has 0 spiro atoms. The summed E-state index contributed by atoms with van der Waals surface area (Å²) in [5, 5.41) is 0. The van der Waals surface area contributed by atoms with Crippen molar-refractivity contribution in [2.24, 2.45) is 5.92 Å². The molecule has 0 aliphatic carbocycles. The van der Waals surface area contributed by atoms with Gasteiger partial charge in [0.25, 0.3) is 11.8 Å². The zero-order chi connectivity index (χ0) is 25.1. The third-order valence-corrected chi connectivity index (χ3v) is 6.35. The number of barbiturate groups is 1. The molecule has 3 aromatic carbocycles. The highest BCUT2D eigenvalue weighted by atomic mass is 79.9. The Morgan fingerprint density at radius 1 is 0.800 bits per heavy atom. The maximum atomic E-state index is 13.5. The van der Waals surface area contributed by atoms with Gasteiger partial charge in [0.05, 0.1) is 26.9 Å². The molecule has 0 bridgehead atoms. The minimum absolute atomic E-state index is 0.132. The second-order valence-corrected chi connectivity index (χ2v) is 10.0. The largest absolute Gasteiger partial charge is 0.491 e. The Morgan fingerprint density at radius 2 is 1.26 bits per heavy atom. The second-order valence-electron chi connectivity index (χ2n) is 8.31. The molecular weight excluding hydrogens is 576 g/mol. The number of anilines is 2. The lowest BCUT2D eigenvalue weighted by Crippen LogP contribution is -2.57. The number of rotatable bonds is 6. The molecule has 6 nitrogen and oxygen atoms in total. The molecular formula is C27H22Br2N2O4. The zero-order valence-corrected chi connectivity index (χ0v) is 22.2. The Kier molecular flexibility index (Phi) is 7.52. The fourth-order valence-corrected chi connectivity index (χ4v) is 5.01. The van der Waals surface area contributed by atoms with E-state index in [9.17, 15) is 14.4 Å². The van der Waals surface area contributed by atoms with Crippen LogP contribution in [-0.4, -0.2) is 24.5 Å². The van der Waals surface area contributed by atoms with Crippen LogP contribution in [0.3, 0.4) is 0 Å². The lowest BCUT2D eigenvalue weighted by atomic mass is 10.0. The topological polar surface area (TPSA) is 66.9 Å². The number of hydrogen-bond donors (Lipinski definition) is 0. The van der Waals surface area contributed by atoms with Gasteiger partial charge in [0.1, 0.15) is 11.3 Å². The molecule has 0 N–H and O–H groups in total. The van der Waals surface area contributed by atoms with Crippen LogP contribution >= 0.6 is 31.9 Å². The van der Waals surface area contributed by atoms with E-state index in [1.165, 1.54) is 6.08 Å². The van der Waals surface area contributed by atoms with E-state index in [0.29, 0.717) is 44.2 Å². The second kappa shape index (κ2) is 10.6. The summed E-state index contributed by atoms with van der Waals surface area (Å²) in [5.41, 5.74) is 1.21. The summed E-state index contributed by atoms with van der Waals surface area (Å²) < 4.78 is 7.22. The summed E-state index contributed by atoms with van der Waals surface area (Å²) in [5.74, 6) is -0.399. The van der Waals surface area contributed by atoms with Gasteiger partial charge < -0.3 is 4.74 Å². The van der Waals surface area contributed by atoms with E-state index in [2.05, 4.69) is 45.7 Å². The molecule has 4 amide bonds. The SMILES string of the molecule is CC(C)COc1c(Br)cc(C=C2C(=O)N(c3ccccc3)C(=O)N(c3ccccc3)C2=O)cc1Br. The monoisotopic (exact) mass is 596 g/mol. The molecule has 0 aromatic heterocycles. The van der Waals surface area contributed by atoms with Gasteiger partial charge in [-0.3, -0.25) is 9.59 Å². The number of nitrogens with zero attached hydrogens (tertiary/aromatic N) is 2. The van der Waals surface area contributed by atoms with Gasteiger partial charge in [-0.25, -0.2) is 14.6 Å². The molecule has 35 heavy (non-hydrogen) atoms. The van der Waals surface area contributed by atoms with Gasteiger partial charge in [0.15, 0.2) is 0 Å². The van der Waals surface area contributed by atoms with Crippen LogP contribution in [0.5, 0.6) is 5.75 Å². The number of carbonyl (C=O) groups is 3. The van der Waals surface area contributed by atoms with Gasteiger partial charge in [-0.1, -0.05) is 50.2 Å². The number of halogens is 2. The van der Waals surface area contributed by atoms with Crippen LogP contribution in [0.15, 0.2) is 87.3 Å². The lowest BCUT2D eigenvalue weighted by molar-refractivity contribution is -0.121. The Hall–Kier alpha value is -3.23. The van der Waals surface area contributed by atoms with Gasteiger partial charge in [-0.2, -0.15) is 0 Å². The molecule has 8 heteroatoms. The molecule has 0 unspecified atom stereocenters. The average molecular weight is 598 g/mol. The maximum Gasteiger partial charge on any atom is 0.343 e. The van der Waals surface area contributed by atoms with Crippen LogP contribution in [0.25, 0.3) is 6.08 Å². The van der Waals surface area contributed by atoms with Crippen molar-refractivity contribution in [3.05, 3.63) is 92.9 Å². The third-order valence-electron chi connectivity index (χ3n) is 5.17. The molecule has 178 valence electrons. The molecule has 0 saturated carbocycles. The number of amides is 4. The number of imide groups is 2. The molecule has 1 aliphatic heterocycles. The van der Waals surface area contributed by atoms with Gasteiger partial charge in [-0.15, -0.1) is 0 Å².